The van der Waals surface area contributed by atoms with Crippen molar-refractivity contribution in [2.45, 2.75) is 58.4 Å². The second kappa shape index (κ2) is 11.0. The van der Waals surface area contributed by atoms with E-state index in [2.05, 4.69) is 4.98 Å². The van der Waals surface area contributed by atoms with Crippen molar-refractivity contribution in [3.05, 3.63) is 42.7 Å². The summed E-state index contributed by atoms with van der Waals surface area (Å²) in [5, 5.41) is 12.5. The van der Waals surface area contributed by atoms with Crippen LogP contribution in [0, 0.1) is 23.0 Å². The van der Waals surface area contributed by atoms with E-state index < -0.39 is 64.5 Å². The van der Waals surface area contributed by atoms with E-state index in [1.165, 1.54) is 20.0 Å². The van der Waals surface area contributed by atoms with Gasteiger partial charge in [-0.05, 0) is 13.3 Å². The fourth-order valence-corrected chi connectivity index (χ4v) is 4.05. The third-order valence-corrected chi connectivity index (χ3v) is 5.59. The first-order valence-corrected chi connectivity index (χ1v) is 10.4. The summed E-state index contributed by atoms with van der Waals surface area (Å²) >= 11 is 0. The topological polar surface area (TPSA) is 186 Å². The van der Waals surface area contributed by atoms with Crippen molar-refractivity contribution in [1.29, 1.82) is 0 Å². The van der Waals surface area contributed by atoms with Gasteiger partial charge in [-0.25, -0.2) is 4.79 Å². The number of nitrogens with one attached hydrogen (secondary N) is 1. The molecule has 1 aliphatic heterocycles. The minimum absolute atomic E-state index is 0.119. The fraction of sp³-hybridized carbons (Fsp3) is 0.650. The predicted molar refractivity (Wildman–Crippen MR) is 112 cm³/mol. The molecule has 0 spiro atoms. The van der Waals surface area contributed by atoms with Crippen LogP contribution in [0.3, 0.4) is 0 Å². The molecule has 14 heteroatoms. The average molecular weight is 485 g/mol. The first kappa shape index (κ1) is 26.7. The van der Waals surface area contributed by atoms with Gasteiger partial charge in [0.15, 0.2) is 6.10 Å². The van der Waals surface area contributed by atoms with Crippen molar-refractivity contribution in [2.75, 3.05) is 19.8 Å². The number of H-pyrrole nitrogens is 1. The molecule has 188 valence electrons. The van der Waals surface area contributed by atoms with Gasteiger partial charge in [0.2, 0.25) is 0 Å². The first-order chi connectivity index (χ1) is 15.9. The number of carbonyl (C=O) groups excluding carboxylic acids is 3. The van der Waals surface area contributed by atoms with Crippen LogP contribution in [0.1, 0.15) is 45.4 Å². The highest BCUT2D eigenvalue weighted by molar-refractivity contribution is 5.66. The summed E-state index contributed by atoms with van der Waals surface area (Å²) in [5.41, 5.74) is -3.36. The Bertz CT molecular complexity index is 1060. The number of nitro groups is 1. The van der Waals surface area contributed by atoms with E-state index in [9.17, 15) is 34.1 Å². The van der Waals surface area contributed by atoms with Crippen molar-refractivity contribution in [1.82, 2.24) is 9.55 Å². The molecule has 0 bridgehead atoms. The second-order valence-corrected chi connectivity index (χ2v) is 7.87. The van der Waals surface area contributed by atoms with E-state index in [0.29, 0.717) is 0 Å². The van der Waals surface area contributed by atoms with E-state index in [0.717, 1.165) is 18.4 Å². The average Bonchev–Trinajstić information content (AvgIpc) is 3.03. The summed E-state index contributed by atoms with van der Waals surface area (Å²) < 4.78 is 21.8. The smallest absolute Gasteiger partial charge is 0.330 e. The highest BCUT2D eigenvalue weighted by Crippen LogP contribution is 2.48. The zero-order valence-electron chi connectivity index (χ0n) is 19.2. The van der Waals surface area contributed by atoms with Crippen molar-refractivity contribution < 1.29 is 38.3 Å². The van der Waals surface area contributed by atoms with Crippen LogP contribution in [0.5, 0.6) is 0 Å². The van der Waals surface area contributed by atoms with Gasteiger partial charge < -0.3 is 18.9 Å². The van der Waals surface area contributed by atoms with Gasteiger partial charge in [0.25, 0.3) is 11.1 Å². The van der Waals surface area contributed by atoms with Crippen LogP contribution in [0.4, 0.5) is 0 Å². The number of rotatable bonds is 10. The van der Waals surface area contributed by atoms with Crippen molar-refractivity contribution >= 4 is 17.9 Å². The van der Waals surface area contributed by atoms with Gasteiger partial charge in [-0.2, -0.15) is 0 Å². The van der Waals surface area contributed by atoms with Crippen molar-refractivity contribution in [2.24, 2.45) is 5.92 Å². The van der Waals surface area contributed by atoms with Gasteiger partial charge >= 0.3 is 23.6 Å². The molecule has 1 unspecified atom stereocenters. The van der Waals surface area contributed by atoms with Gasteiger partial charge in [0.1, 0.15) is 12.8 Å². The number of aromatic amines is 1. The zero-order valence-corrected chi connectivity index (χ0v) is 19.2. The molecule has 1 fully saturated rings. The molecule has 2 rings (SSSR count). The van der Waals surface area contributed by atoms with E-state index in [4.69, 9.17) is 18.9 Å². The minimum atomic E-state index is -2.00. The molecule has 0 saturated carbocycles. The molecule has 1 aromatic rings. The second-order valence-electron chi connectivity index (χ2n) is 7.87. The molecule has 1 saturated heterocycles. The lowest BCUT2D eigenvalue weighted by Gasteiger charge is -2.30. The van der Waals surface area contributed by atoms with Crippen molar-refractivity contribution in [3.63, 3.8) is 0 Å². The number of hydrogen-bond acceptors (Lipinski definition) is 11. The molecule has 0 aromatic carbocycles. The van der Waals surface area contributed by atoms with E-state index >= 15 is 0 Å². The third-order valence-electron chi connectivity index (χ3n) is 5.59. The summed E-state index contributed by atoms with van der Waals surface area (Å²) in [5.74, 6) is -3.09. The van der Waals surface area contributed by atoms with Gasteiger partial charge in [-0.15, -0.1) is 0 Å². The zero-order chi connectivity index (χ0) is 25.6. The van der Waals surface area contributed by atoms with Crippen LogP contribution < -0.4 is 11.2 Å². The molecule has 1 N–H and O–H groups in total. The summed E-state index contributed by atoms with van der Waals surface area (Å²) in [6.07, 6.45) is -1.90. The van der Waals surface area contributed by atoms with Gasteiger partial charge in [0, 0.05) is 37.5 Å². The van der Waals surface area contributed by atoms with Crippen LogP contribution in [0.25, 0.3) is 0 Å². The highest BCUT2D eigenvalue weighted by Gasteiger charge is 2.66. The normalized spacial score (nSPS) is 23.8. The molecule has 0 amide bonds. The lowest BCUT2D eigenvalue weighted by Crippen LogP contribution is -2.54. The Labute approximate surface area is 193 Å². The van der Waals surface area contributed by atoms with Crippen LogP contribution in [-0.2, 0) is 33.3 Å². The number of hydrogen-bond donors (Lipinski definition) is 1. The number of aryl methyl sites for hydroxylation is 1. The minimum Gasteiger partial charge on any atom is -0.466 e. The molecule has 0 aliphatic carbocycles. The van der Waals surface area contributed by atoms with Crippen molar-refractivity contribution in [3.8, 4) is 0 Å². The monoisotopic (exact) mass is 485 g/mol. The van der Waals surface area contributed by atoms with E-state index in [1.54, 1.807) is 0 Å². The maximum atomic E-state index is 12.6. The fourth-order valence-electron chi connectivity index (χ4n) is 4.05. The maximum absolute atomic E-state index is 12.6. The Hall–Kier alpha value is -3.55. The highest BCUT2D eigenvalue weighted by atomic mass is 16.6. The molecular formula is C20H27N3O11. The van der Waals surface area contributed by atoms with E-state index in [-0.39, 0.29) is 31.6 Å². The largest absolute Gasteiger partial charge is 0.466 e. The molecule has 1 aliphatic rings. The lowest BCUT2D eigenvalue weighted by atomic mass is 9.77. The number of aromatic nitrogens is 2. The molecule has 4 atom stereocenters. The Kier molecular flexibility index (Phi) is 8.68. The Morgan fingerprint density at radius 2 is 1.71 bits per heavy atom. The summed E-state index contributed by atoms with van der Waals surface area (Å²) in [7, 11) is 0. The van der Waals surface area contributed by atoms with Gasteiger partial charge in [-0.1, -0.05) is 0 Å². The quantitative estimate of drug-likeness (QED) is 0.201. The number of nitrogens with zero attached hydrogens (tertiary/aromatic N) is 2. The maximum Gasteiger partial charge on any atom is 0.330 e. The molecule has 0 radical (unpaired) electrons. The molecular weight excluding hydrogens is 458 g/mol. The SMILES string of the molecule is CC(=O)OCC[C@H]1[C@H](n2cc(C)c(=O)[nH]c2=O)O[C@H](COC(C)=O)C1(CCOC(C)=O)[N+](=O)[O-]. The molecule has 34 heavy (non-hydrogen) atoms. The molecule has 2 heterocycles. The summed E-state index contributed by atoms with van der Waals surface area (Å²) in [4.78, 5) is 72.5. The molecule has 14 nitrogen and oxygen atoms in total. The number of carbonyl (C=O) groups is 3. The Morgan fingerprint density at radius 1 is 1.12 bits per heavy atom. The van der Waals surface area contributed by atoms with Gasteiger partial charge in [-0.3, -0.25) is 38.8 Å². The Morgan fingerprint density at radius 3 is 2.26 bits per heavy atom. The standard InChI is InChI=1S/C20H27N3O11/c1-11-9-22(19(28)21-17(11)27)18-15(5-7-31-12(2)24)20(23(29)30,6-8-32-13(3)25)16(34-18)10-33-14(4)26/h9,15-16,18H,5-8,10H2,1-4H3,(H,21,27,28)/t15-,16+,18+,20?/m0/s1. The third kappa shape index (κ3) is 5.87. The lowest BCUT2D eigenvalue weighted by molar-refractivity contribution is -0.586. The van der Waals surface area contributed by atoms with Crippen LogP contribution >= 0.6 is 0 Å². The Balaban J connectivity index is 2.62. The van der Waals surface area contributed by atoms with Crippen LogP contribution in [0.2, 0.25) is 0 Å². The summed E-state index contributed by atoms with van der Waals surface area (Å²) in [6.45, 7) is 3.76. The van der Waals surface area contributed by atoms with Crippen LogP contribution in [0.15, 0.2) is 15.8 Å². The number of ether oxygens (including phenoxy) is 4. The summed E-state index contributed by atoms with van der Waals surface area (Å²) in [6, 6.07) is 0. The first-order valence-electron chi connectivity index (χ1n) is 10.4. The predicted octanol–water partition coefficient (Wildman–Crippen LogP) is -0.156. The molecule has 1 aromatic heterocycles. The number of esters is 3. The van der Waals surface area contributed by atoms with Crippen LogP contribution in [-0.4, -0.2) is 63.8 Å². The van der Waals surface area contributed by atoms with E-state index in [1.807, 2.05) is 0 Å². The van der Waals surface area contributed by atoms with Gasteiger partial charge in [0.05, 0.1) is 25.6 Å².